The molecule has 1 fully saturated rings. The number of aromatic nitrogens is 2. The first-order valence-corrected chi connectivity index (χ1v) is 9.89. The molecule has 28 heavy (non-hydrogen) atoms. The Morgan fingerprint density at radius 1 is 1.11 bits per heavy atom. The number of benzene rings is 2. The van der Waals surface area contributed by atoms with Gasteiger partial charge in [0.2, 0.25) is 5.91 Å². The molecule has 3 N–H and O–H groups in total. The molecular formula is C22H26N4O2. The van der Waals surface area contributed by atoms with Crippen molar-refractivity contribution in [3.63, 3.8) is 0 Å². The van der Waals surface area contributed by atoms with E-state index in [9.17, 15) is 9.59 Å². The fourth-order valence-electron chi connectivity index (χ4n) is 4.01. The van der Waals surface area contributed by atoms with E-state index >= 15 is 0 Å². The normalized spacial score (nSPS) is 16.9. The summed E-state index contributed by atoms with van der Waals surface area (Å²) in [5.41, 5.74) is 3.27. The first kappa shape index (κ1) is 18.5. The summed E-state index contributed by atoms with van der Waals surface area (Å²) >= 11 is 0. The zero-order valence-corrected chi connectivity index (χ0v) is 16.1. The van der Waals surface area contributed by atoms with Gasteiger partial charge in [-0.05, 0) is 69.0 Å². The van der Waals surface area contributed by atoms with Gasteiger partial charge in [0.25, 0.3) is 0 Å². The third-order valence-electron chi connectivity index (χ3n) is 5.73. The Hall–Kier alpha value is -2.86. The van der Waals surface area contributed by atoms with Crippen molar-refractivity contribution in [2.24, 2.45) is 5.92 Å². The van der Waals surface area contributed by atoms with Gasteiger partial charge in [-0.25, -0.2) is 4.79 Å². The second-order valence-electron chi connectivity index (χ2n) is 7.67. The molecule has 1 aliphatic heterocycles. The molecule has 1 unspecified atom stereocenters. The second-order valence-corrected chi connectivity index (χ2v) is 7.67. The van der Waals surface area contributed by atoms with Crippen molar-refractivity contribution in [1.82, 2.24) is 14.9 Å². The Morgan fingerprint density at radius 2 is 1.82 bits per heavy atom. The standard InChI is InChI=1S/C22H26N4O2/c1-15(21(27)23-18-7-8-19-20(14-18)25-22(28)24-19)26-11-9-17(10-12-26)13-16-5-3-2-4-6-16/h2-8,14-15,17H,9-13H2,1H3,(H,23,27)(H2,24,25,28). The molecular weight excluding hydrogens is 352 g/mol. The van der Waals surface area contributed by atoms with Crippen LogP contribution in [-0.4, -0.2) is 39.9 Å². The van der Waals surface area contributed by atoms with Crippen LogP contribution in [0.5, 0.6) is 0 Å². The molecule has 3 aromatic rings. The van der Waals surface area contributed by atoms with Crippen LogP contribution in [0.15, 0.2) is 53.3 Å². The van der Waals surface area contributed by atoms with Crippen LogP contribution >= 0.6 is 0 Å². The van der Waals surface area contributed by atoms with Gasteiger partial charge in [0.15, 0.2) is 0 Å². The van der Waals surface area contributed by atoms with E-state index in [1.165, 1.54) is 5.56 Å². The number of carbonyl (C=O) groups excluding carboxylic acids is 1. The lowest BCUT2D eigenvalue weighted by atomic mass is 9.89. The molecule has 1 amide bonds. The lowest BCUT2D eigenvalue weighted by Gasteiger charge is -2.35. The van der Waals surface area contributed by atoms with Crippen LogP contribution in [0, 0.1) is 5.92 Å². The maximum absolute atomic E-state index is 12.7. The molecule has 0 saturated carbocycles. The Kier molecular flexibility index (Phi) is 5.30. The van der Waals surface area contributed by atoms with E-state index in [2.05, 4.69) is 50.5 Å². The Balaban J connectivity index is 1.32. The fraction of sp³-hybridized carbons (Fsp3) is 0.364. The van der Waals surface area contributed by atoms with E-state index in [0.717, 1.165) is 37.9 Å². The van der Waals surface area contributed by atoms with E-state index < -0.39 is 0 Å². The fourth-order valence-corrected chi connectivity index (χ4v) is 4.01. The molecule has 1 atom stereocenters. The van der Waals surface area contributed by atoms with Crippen LogP contribution in [0.2, 0.25) is 0 Å². The predicted molar refractivity (Wildman–Crippen MR) is 111 cm³/mol. The molecule has 1 saturated heterocycles. The van der Waals surface area contributed by atoms with Crippen LogP contribution < -0.4 is 11.0 Å². The zero-order valence-electron chi connectivity index (χ0n) is 16.1. The molecule has 0 radical (unpaired) electrons. The Morgan fingerprint density at radius 3 is 2.57 bits per heavy atom. The number of aromatic amines is 2. The quantitative estimate of drug-likeness (QED) is 0.638. The van der Waals surface area contributed by atoms with Gasteiger partial charge in [0, 0.05) is 5.69 Å². The first-order valence-electron chi connectivity index (χ1n) is 9.89. The number of hydrogen-bond acceptors (Lipinski definition) is 3. The maximum Gasteiger partial charge on any atom is 0.323 e. The number of hydrogen-bond donors (Lipinski definition) is 3. The van der Waals surface area contributed by atoms with E-state index in [4.69, 9.17) is 0 Å². The smallest absolute Gasteiger partial charge is 0.323 e. The number of likely N-dealkylation sites (tertiary alicyclic amines) is 1. The Labute approximate surface area is 164 Å². The average molecular weight is 378 g/mol. The minimum Gasteiger partial charge on any atom is -0.325 e. The summed E-state index contributed by atoms with van der Waals surface area (Å²) in [5, 5.41) is 2.97. The van der Waals surface area contributed by atoms with Gasteiger partial charge >= 0.3 is 5.69 Å². The molecule has 2 heterocycles. The van der Waals surface area contributed by atoms with Crippen molar-refractivity contribution in [2.45, 2.75) is 32.2 Å². The molecule has 6 heteroatoms. The topological polar surface area (TPSA) is 81.0 Å². The molecule has 0 spiro atoms. The lowest BCUT2D eigenvalue weighted by molar-refractivity contribution is -0.121. The summed E-state index contributed by atoms with van der Waals surface area (Å²) in [4.78, 5) is 31.7. The number of nitrogens with one attached hydrogen (secondary N) is 3. The van der Waals surface area contributed by atoms with Crippen molar-refractivity contribution in [3.8, 4) is 0 Å². The summed E-state index contributed by atoms with van der Waals surface area (Å²) in [5.74, 6) is 0.667. The largest absolute Gasteiger partial charge is 0.325 e. The predicted octanol–water partition coefficient (Wildman–Crippen LogP) is 3.14. The van der Waals surface area contributed by atoms with Crippen LogP contribution in [0.4, 0.5) is 5.69 Å². The van der Waals surface area contributed by atoms with E-state index in [-0.39, 0.29) is 17.6 Å². The maximum atomic E-state index is 12.7. The van der Waals surface area contributed by atoms with Gasteiger partial charge in [-0.1, -0.05) is 30.3 Å². The SMILES string of the molecule is CC(C(=O)Nc1ccc2[nH]c(=O)[nH]c2c1)N1CCC(Cc2ccccc2)CC1. The van der Waals surface area contributed by atoms with Gasteiger partial charge < -0.3 is 15.3 Å². The number of anilines is 1. The van der Waals surface area contributed by atoms with Gasteiger partial charge in [0.05, 0.1) is 17.1 Å². The van der Waals surface area contributed by atoms with Gasteiger partial charge in [-0.3, -0.25) is 9.69 Å². The summed E-state index contributed by atoms with van der Waals surface area (Å²) in [7, 11) is 0. The highest BCUT2D eigenvalue weighted by molar-refractivity contribution is 5.96. The third-order valence-corrected chi connectivity index (χ3v) is 5.73. The minimum absolute atomic E-state index is 0.0151. The van der Waals surface area contributed by atoms with Crippen molar-refractivity contribution >= 4 is 22.6 Å². The molecule has 6 nitrogen and oxygen atoms in total. The lowest BCUT2D eigenvalue weighted by Crippen LogP contribution is -2.46. The van der Waals surface area contributed by atoms with Crippen LogP contribution in [0.1, 0.15) is 25.3 Å². The summed E-state index contributed by atoms with van der Waals surface area (Å²) in [6, 6.07) is 15.8. The number of fused-ring (bicyclic) bond motifs is 1. The van der Waals surface area contributed by atoms with E-state index in [0.29, 0.717) is 17.1 Å². The first-order chi connectivity index (χ1) is 13.6. The molecule has 146 valence electrons. The highest BCUT2D eigenvalue weighted by atomic mass is 16.2. The number of piperidine rings is 1. The van der Waals surface area contributed by atoms with Crippen LogP contribution in [-0.2, 0) is 11.2 Å². The summed E-state index contributed by atoms with van der Waals surface area (Å²) in [6.45, 7) is 3.84. The van der Waals surface area contributed by atoms with Crippen LogP contribution in [0.25, 0.3) is 11.0 Å². The molecule has 4 rings (SSSR count). The number of nitrogens with zero attached hydrogens (tertiary/aromatic N) is 1. The highest BCUT2D eigenvalue weighted by Crippen LogP contribution is 2.23. The Bertz CT molecular complexity index is 1000. The van der Waals surface area contributed by atoms with E-state index in [1.807, 2.05) is 13.0 Å². The monoisotopic (exact) mass is 378 g/mol. The van der Waals surface area contributed by atoms with Crippen molar-refractivity contribution in [3.05, 3.63) is 64.6 Å². The van der Waals surface area contributed by atoms with Gasteiger partial charge in [-0.15, -0.1) is 0 Å². The van der Waals surface area contributed by atoms with Crippen LogP contribution in [0.3, 0.4) is 0 Å². The third kappa shape index (κ3) is 4.17. The molecule has 1 aromatic heterocycles. The molecule has 0 bridgehead atoms. The van der Waals surface area contributed by atoms with Crippen molar-refractivity contribution in [1.29, 1.82) is 0 Å². The number of imidazole rings is 1. The second kappa shape index (κ2) is 8.02. The molecule has 1 aliphatic rings. The zero-order chi connectivity index (χ0) is 19.5. The van der Waals surface area contributed by atoms with E-state index in [1.54, 1.807) is 12.1 Å². The number of rotatable bonds is 5. The van der Waals surface area contributed by atoms with Crippen molar-refractivity contribution < 1.29 is 4.79 Å². The van der Waals surface area contributed by atoms with Gasteiger partial charge in [-0.2, -0.15) is 0 Å². The van der Waals surface area contributed by atoms with Gasteiger partial charge in [0.1, 0.15) is 0 Å². The average Bonchev–Trinajstić information content (AvgIpc) is 3.08. The molecule has 2 aromatic carbocycles. The van der Waals surface area contributed by atoms with Crippen molar-refractivity contribution in [2.75, 3.05) is 18.4 Å². The number of carbonyl (C=O) groups is 1. The summed E-state index contributed by atoms with van der Waals surface area (Å²) < 4.78 is 0. The minimum atomic E-state index is -0.245. The molecule has 0 aliphatic carbocycles. The highest BCUT2D eigenvalue weighted by Gasteiger charge is 2.26. The summed E-state index contributed by atoms with van der Waals surface area (Å²) in [6.07, 6.45) is 3.34. The number of H-pyrrole nitrogens is 2. The number of amides is 1.